The maximum absolute atomic E-state index is 11.8. The van der Waals surface area contributed by atoms with Crippen LogP contribution in [0.2, 0.25) is 0 Å². The van der Waals surface area contributed by atoms with Gasteiger partial charge in [-0.3, -0.25) is 14.6 Å². The van der Waals surface area contributed by atoms with Crippen molar-refractivity contribution in [2.45, 2.75) is 6.92 Å². The van der Waals surface area contributed by atoms with E-state index in [0.29, 0.717) is 18.7 Å². The Balaban J connectivity index is 1.68. The van der Waals surface area contributed by atoms with Crippen LogP contribution in [0.5, 0.6) is 0 Å². The number of carbonyl (C=O) groups is 2. The van der Waals surface area contributed by atoms with Crippen LogP contribution in [-0.2, 0) is 4.79 Å². The van der Waals surface area contributed by atoms with Crippen LogP contribution in [0.25, 0.3) is 6.08 Å². The summed E-state index contributed by atoms with van der Waals surface area (Å²) in [5, 5.41) is 5.44. The van der Waals surface area contributed by atoms with E-state index in [4.69, 9.17) is 0 Å². The number of nitrogens with one attached hydrogen (secondary N) is 2. The average molecular weight is 309 g/mol. The second kappa shape index (κ2) is 8.48. The molecule has 0 aliphatic carbocycles. The van der Waals surface area contributed by atoms with Crippen LogP contribution in [0.3, 0.4) is 0 Å². The van der Waals surface area contributed by atoms with Gasteiger partial charge in [-0.2, -0.15) is 0 Å². The summed E-state index contributed by atoms with van der Waals surface area (Å²) >= 11 is 0. The first-order valence-electron chi connectivity index (χ1n) is 7.37. The van der Waals surface area contributed by atoms with Crippen LogP contribution in [0.4, 0.5) is 0 Å². The minimum absolute atomic E-state index is 0.194. The van der Waals surface area contributed by atoms with Gasteiger partial charge in [-0.1, -0.05) is 30.3 Å². The molecule has 1 aromatic carbocycles. The average Bonchev–Trinajstić information content (AvgIpc) is 2.58. The molecule has 0 atom stereocenters. The molecular formula is C18H19N3O2. The van der Waals surface area contributed by atoms with E-state index in [1.165, 1.54) is 12.3 Å². The van der Waals surface area contributed by atoms with Gasteiger partial charge >= 0.3 is 0 Å². The van der Waals surface area contributed by atoms with Gasteiger partial charge in [0, 0.05) is 31.1 Å². The molecule has 0 spiro atoms. The summed E-state index contributed by atoms with van der Waals surface area (Å²) in [4.78, 5) is 27.6. The largest absolute Gasteiger partial charge is 0.351 e. The lowest BCUT2D eigenvalue weighted by atomic mass is 10.2. The van der Waals surface area contributed by atoms with Gasteiger partial charge in [-0.05, 0) is 30.7 Å². The summed E-state index contributed by atoms with van der Waals surface area (Å²) in [6.07, 6.45) is 4.75. The number of rotatable bonds is 6. The van der Waals surface area contributed by atoms with Crippen molar-refractivity contribution in [3.05, 3.63) is 71.6 Å². The van der Waals surface area contributed by atoms with Crippen molar-refractivity contribution >= 4 is 17.9 Å². The fourth-order valence-electron chi connectivity index (χ4n) is 1.86. The van der Waals surface area contributed by atoms with Crippen LogP contribution in [0.1, 0.15) is 21.6 Å². The lowest BCUT2D eigenvalue weighted by Gasteiger charge is -2.05. The van der Waals surface area contributed by atoms with Gasteiger partial charge in [-0.15, -0.1) is 0 Å². The molecule has 2 amide bonds. The van der Waals surface area contributed by atoms with Crippen molar-refractivity contribution in [2.75, 3.05) is 13.1 Å². The standard InChI is InChI=1S/C18H19N3O2/c1-14-7-9-16(13-21-14)18(23)20-12-11-19-17(22)10-8-15-5-3-2-4-6-15/h2-10,13H,11-12H2,1H3,(H,19,22)(H,20,23)/b10-8+. The monoisotopic (exact) mass is 309 g/mol. The Labute approximate surface area is 135 Å². The van der Waals surface area contributed by atoms with Crippen molar-refractivity contribution < 1.29 is 9.59 Å². The molecule has 23 heavy (non-hydrogen) atoms. The molecule has 0 aliphatic rings. The highest BCUT2D eigenvalue weighted by atomic mass is 16.2. The molecule has 1 heterocycles. The van der Waals surface area contributed by atoms with E-state index >= 15 is 0 Å². The molecule has 1 aromatic heterocycles. The topological polar surface area (TPSA) is 71.1 Å². The first-order chi connectivity index (χ1) is 11.1. The van der Waals surface area contributed by atoms with E-state index in [-0.39, 0.29) is 11.8 Å². The van der Waals surface area contributed by atoms with Crippen LogP contribution in [0, 0.1) is 6.92 Å². The van der Waals surface area contributed by atoms with E-state index < -0.39 is 0 Å². The number of hydrogen-bond donors (Lipinski definition) is 2. The quantitative estimate of drug-likeness (QED) is 0.633. The molecular weight excluding hydrogens is 290 g/mol. The van der Waals surface area contributed by atoms with Crippen LogP contribution >= 0.6 is 0 Å². The van der Waals surface area contributed by atoms with Gasteiger partial charge in [0.15, 0.2) is 0 Å². The minimum Gasteiger partial charge on any atom is -0.351 e. The molecule has 2 aromatic rings. The van der Waals surface area contributed by atoms with Crippen molar-refractivity contribution in [1.29, 1.82) is 0 Å². The van der Waals surface area contributed by atoms with Crippen molar-refractivity contribution in [3.8, 4) is 0 Å². The third-order valence-electron chi connectivity index (χ3n) is 3.11. The van der Waals surface area contributed by atoms with E-state index in [2.05, 4.69) is 15.6 Å². The Morgan fingerprint density at radius 2 is 1.78 bits per heavy atom. The Bertz CT molecular complexity index is 679. The second-order valence-corrected chi connectivity index (χ2v) is 4.98. The highest BCUT2D eigenvalue weighted by molar-refractivity contribution is 5.94. The van der Waals surface area contributed by atoms with E-state index in [0.717, 1.165) is 11.3 Å². The van der Waals surface area contributed by atoms with Gasteiger partial charge in [0.1, 0.15) is 0 Å². The zero-order chi connectivity index (χ0) is 16.5. The number of aromatic nitrogens is 1. The molecule has 0 radical (unpaired) electrons. The van der Waals surface area contributed by atoms with Crippen LogP contribution in [-0.4, -0.2) is 29.9 Å². The Morgan fingerprint density at radius 1 is 1.04 bits per heavy atom. The summed E-state index contributed by atoms with van der Waals surface area (Å²) in [6.45, 7) is 2.58. The molecule has 118 valence electrons. The number of carbonyl (C=O) groups excluding carboxylic acids is 2. The fraction of sp³-hybridized carbons (Fsp3) is 0.167. The number of pyridine rings is 1. The maximum Gasteiger partial charge on any atom is 0.252 e. The smallest absolute Gasteiger partial charge is 0.252 e. The normalized spacial score (nSPS) is 10.5. The van der Waals surface area contributed by atoms with Crippen LogP contribution < -0.4 is 10.6 Å². The number of amides is 2. The number of hydrogen-bond acceptors (Lipinski definition) is 3. The molecule has 0 saturated heterocycles. The molecule has 5 nitrogen and oxygen atoms in total. The van der Waals surface area contributed by atoms with Gasteiger partial charge in [-0.25, -0.2) is 0 Å². The highest BCUT2D eigenvalue weighted by Gasteiger charge is 2.04. The van der Waals surface area contributed by atoms with Gasteiger partial charge in [0.25, 0.3) is 5.91 Å². The summed E-state index contributed by atoms with van der Waals surface area (Å²) in [5.41, 5.74) is 2.33. The third kappa shape index (κ3) is 5.74. The molecule has 0 unspecified atom stereocenters. The number of nitrogens with zero attached hydrogens (tertiary/aromatic N) is 1. The lowest BCUT2D eigenvalue weighted by molar-refractivity contribution is -0.116. The van der Waals surface area contributed by atoms with E-state index in [1.54, 1.807) is 18.2 Å². The molecule has 0 bridgehead atoms. The van der Waals surface area contributed by atoms with Crippen molar-refractivity contribution in [2.24, 2.45) is 0 Å². The van der Waals surface area contributed by atoms with Crippen molar-refractivity contribution in [1.82, 2.24) is 15.6 Å². The Hall–Kier alpha value is -2.95. The van der Waals surface area contributed by atoms with Gasteiger partial charge in [0.05, 0.1) is 5.56 Å². The number of benzene rings is 1. The fourth-order valence-corrected chi connectivity index (χ4v) is 1.86. The van der Waals surface area contributed by atoms with E-state index in [9.17, 15) is 9.59 Å². The number of aryl methyl sites for hydroxylation is 1. The molecule has 0 aliphatic heterocycles. The second-order valence-electron chi connectivity index (χ2n) is 4.98. The summed E-state index contributed by atoms with van der Waals surface area (Å²) in [6, 6.07) is 13.1. The first kappa shape index (κ1) is 16.4. The molecule has 2 N–H and O–H groups in total. The summed E-state index contributed by atoms with van der Waals surface area (Å²) in [5.74, 6) is -0.397. The maximum atomic E-state index is 11.8. The Morgan fingerprint density at radius 3 is 2.48 bits per heavy atom. The van der Waals surface area contributed by atoms with E-state index in [1.807, 2.05) is 37.3 Å². The minimum atomic E-state index is -0.202. The summed E-state index contributed by atoms with van der Waals surface area (Å²) < 4.78 is 0. The van der Waals surface area contributed by atoms with Crippen molar-refractivity contribution in [3.63, 3.8) is 0 Å². The molecule has 0 saturated carbocycles. The first-order valence-corrected chi connectivity index (χ1v) is 7.37. The molecule has 5 heteroatoms. The van der Waals surface area contributed by atoms with Gasteiger partial charge < -0.3 is 10.6 Å². The van der Waals surface area contributed by atoms with Crippen LogP contribution in [0.15, 0.2) is 54.7 Å². The molecule has 0 fully saturated rings. The predicted molar refractivity (Wildman–Crippen MR) is 89.8 cm³/mol. The zero-order valence-electron chi connectivity index (χ0n) is 13.0. The predicted octanol–water partition coefficient (Wildman–Crippen LogP) is 1.95. The van der Waals surface area contributed by atoms with Gasteiger partial charge in [0.2, 0.25) is 5.91 Å². The zero-order valence-corrected chi connectivity index (χ0v) is 13.0. The summed E-state index contributed by atoms with van der Waals surface area (Å²) in [7, 11) is 0. The molecule has 2 rings (SSSR count). The Kier molecular flexibility index (Phi) is 6.06. The SMILES string of the molecule is Cc1ccc(C(=O)NCCNC(=O)/C=C/c2ccccc2)cn1. The highest BCUT2D eigenvalue weighted by Crippen LogP contribution is 2.00. The lowest BCUT2D eigenvalue weighted by Crippen LogP contribution is -2.34. The third-order valence-corrected chi connectivity index (χ3v) is 3.11.